The number of halogens is 1. The molecule has 1 aromatic heterocycles. The van der Waals surface area contributed by atoms with Crippen LogP contribution in [0, 0.1) is 6.92 Å². The second-order valence-corrected chi connectivity index (χ2v) is 4.98. The van der Waals surface area contributed by atoms with Gasteiger partial charge in [0.25, 0.3) is 0 Å². The number of fused-ring (bicyclic) bond motifs is 1. The van der Waals surface area contributed by atoms with Crippen molar-refractivity contribution in [1.82, 2.24) is 9.55 Å². The highest BCUT2D eigenvalue weighted by atomic mass is 35.5. The number of rotatable bonds is 8. The molecule has 0 saturated carbocycles. The number of hydrogen-bond acceptors (Lipinski definition) is 3. The number of benzene rings is 1. The minimum atomic E-state index is 0.429. The van der Waals surface area contributed by atoms with Crippen LogP contribution in [0.4, 0.5) is 0 Å². The Morgan fingerprint density at radius 2 is 2.10 bits per heavy atom. The molecule has 0 spiro atoms. The van der Waals surface area contributed by atoms with Crippen LogP contribution in [0.3, 0.4) is 0 Å². The first-order valence-corrected chi connectivity index (χ1v) is 7.38. The number of aromatic nitrogens is 2. The highest BCUT2D eigenvalue weighted by molar-refractivity contribution is 6.16. The van der Waals surface area contributed by atoms with E-state index < -0.39 is 0 Å². The lowest BCUT2D eigenvalue weighted by molar-refractivity contribution is 0.0681. The summed E-state index contributed by atoms with van der Waals surface area (Å²) in [6, 6.07) is 6.23. The van der Waals surface area contributed by atoms with Crippen LogP contribution in [0.15, 0.2) is 18.2 Å². The molecular weight excluding hydrogens is 276 g/mol. The van der Waals surface area contributed by atoms with Gasteiger partial charge in [-0.1, -0.05) is 12.1 Å². The molecule has 4 nitrogen and oxygen atoms in total. The summed E-state index contributed by atoms with van der Waals surface area (Å²) < 4.78 is 12.6. The summed E-state index contributed by atoms with van der Waals surface area (Å²) in [6.45, 7) is 4.94. The molecule has 0 saturated heterocycles. The molecule has 110 valence electrons. The van der Waals surface area contributed by atoms with Crippen LogP contribution >= 0.6 is 11.6 Å². The van der Waals surface area contributed by atoms with Gasteiger partial charge in [-0.05, 0) is 25.0 Å². The normalized spacial score (nSPS) is 11.3. The van der Waals surface area contributed by atoms with Crippen LogP contribution in [0.2, 0.25) is 0 Å². The molecule has 0 amide bonds. The Bertz CT molecular complexity index is 554. The first-order chi connectivity index (χ1) is 9.77. The molecule has 0 fully saturated rings. The topological polar surface area (TPSA) is 36.3 Å². The van der Waals surface area contributed by atoms with Gasteiger partial charge in [-0.15, -0.1) is 11.6 Å². The number of alkyl halides is 1. The Morgan fingerprint density at radius 1 is 1.25 bits per heavy atom. The van der Waals surface area contributed by atoms with Gasteiger partial charge in [-0.2, -0.15) is 0 Å². The molecule has 1 heterocycles. The van der Waals surface area contributed by atoms with Crippen molar-refractivity contribution in [2.45, 2.75) is 25.8 Å². The van der Waals surface area contributed by atoms with Gasteiger partial charge in [-0.25, -0.2) is 4.98 Å². The molecule has 0 aliphatic carbocycles. The molecule has 5 heteroatoms. The summed E-state index contributed by atoms with van der Waals surface area (Å²) in [7, 11) is 1.68. The standard InChI is InChI=1S/C15H21ClN2O2/c1-12-5-3-6-13-15(12)17-14(11-16)18(13)7-4-8-20-10-9-19-2/h3,5-6H,4,7-11H2,1-2H3. The minimum absolute atomic E-state index is 0.429. The van der Waals surface area contributed by atoms with Crippen LogP contribution < -0.4 is 0 Å². The number of nitrogens with zero attached hydrogens (tertiary/aromatic N) is 2. The van der Waals surface area contributed by atoms with Gasteiger partial charge in [0.1, 0.15) is 5.82 Å². The van der Waals surface area contributed by atoms with Crippen molar-refractivity contribution in [2.24, 2.45) is 0 Å². The summed E-state index contributed by atoms with van der Waals surface area (Å²) in [5.74, 6) is 1.35. The van der Waals surface area contributed by atoms with Crippen molar-refractivity contribution in [3.63, 3.8) is 0 Å². The first kappa shape index (κ1) is 15.3. The number of ether oxygens (including phenoxy) is 2. The predicted molar refractivity (Wildman–Crippen MR) is 81.3 cm³/mol. The van der Waals surface area contributed by atoms with E-state index in [9.17, 15) is 0 Å². The summed E-state index contributed by atoms with van der Waals surface area (Å²) in [5.41, 5.74) is 3.38. The van der Waals surface area contributed by atoms with Crippen LogP contribution in [-0.2, 0) is 21.9 Å². The highest BCUT2D eigenvalue weighted by Crippen LogP contribution is 2.21. The monoisotopic (exact) mass is 296 g/mol. The van der Waals surface area contributed by atoms with Gasteiger partial charge in [0.15, 0.2) is 0 Å². The Morgan fingerprint density at radius 3 is 2.85 bits per heavy atom. The van der Waals surface area contributed by atoms with Crippen LogP contribution in [-0.4, -0.2) is 36.5 Å². The van der Waals surface area contributed by atoms with Crippen molar-refractivity contribution in [1.29, 1.82) is 0 Å². The van der Waals surface area contributed by atoms with E-state index in [4.69, 9.17) is 21.1 Å². The number of methoxy groups -OCH3 is 1. The van der Waals surface area contributed by atoms with Crippen LogP contribution in [0.25, 0.3) is 11.0 Å². The van der Waals surface area contributed by atoms with Crippen molar-refractivity contribution >= 4 is 22.6 Å². The lowest BCUT2D eigenvalue weighted by atomic mass is 10.2. The smallest absolute Gasteiger partial charge is 0.124 e. The first-order valence-electron chi connectivity index (χ1n) is 6.85. The molecule has 1 aromatic carbocycles. The highest BCUT2D eigenvalue weighted by Gasteiger charge is 2.10. The zero-order chi connectivity index (χ0) is 14.4. The van der Waals surface area contributed by atoms with Crippen molar-refractivity contribution < 1.29 is 9.47 Å². The van der Waals surface area contributed by atoms with Crippen molar-refractivity contribution in [2.75, 3.05) is 26.9 Å². The molecule has 0 aliphatic rings. The predicted octanol–water partition coefficient (Wildman–Crippen LogP) is 3.14. The Hall–Kier alpha value is -1.10. The largest absolute Gasteiger partial charge is 0.382 e. The second kappa shape index (κ2) is 7.62. The summed E-state index contributed by atoms with van der Waals surface area (Å²) in [4.78, 5) is 4.63. The van der Waals surface area contributed by atoms with E-state index >= 15 is 0 Å². The third kappa shape index (κ3) is 3.51. The number of para-hydroxylation sites is 1. The van der Waals surface area contributed by atoms with Gasteiger partial charge in [0.05, 0.1) is 30.1 Å². The fraction of sp³-hybridized carbons (Fsp3) is 0.533. The molecule has 0 bridgehead atoms. The molecule has 20 heavy (non-hydrogen) atoms. The molecule has 0 unspecified atom stereocenters. The fourth-order valence-electron chi connectivity index (χ4n) is 2.26. The van der Waals surface area contributed by atoms with E-state index in [0.717, 1.165) is 36.4 Å². The fourth-order valence-corrected chi connectivity index (χ4v) is 2.46. The quantitative estimate of drug-likeness (QED) is 0.555. The number of hydrogen-bond donors (Lipinski definition) is 0. The number of aryl methyl sites for hydroxylation is 2. The van der Waals surface area contributed by atoms with Gasteiger partial charge >= 0.3 is 0 Å². The van der Waals surface area contributed by atoms with E-state index in [0.29, 0.717) is 19.1 Å². The van der Waals surface area contributed by atoms with Crippen LogP contribution in [0.5, 0.6) is 0 Å². The van der Waals surface area contributed by atoms with Crippen LogP contribution in [0.1, 0.15) is 17.8 Å². The zero-order valence-corrected chi connectivity index (χ0v) is 12.8. The third-order valence-electron chi connectivity index (χ3n) is 3.28. The van der Waals surface area contributed by atoms with E-state index in [1.54, 1.807) is 7.11 Å². The van der Waals surface area contributed by atoms with E-state index in [2.05, 4.69) is 34.7 Å². The number of imidazole rings is 1. The zero-order valence-electron chi connectivity index (χ0n) is 12.1. The molecule has 0 N–H and O–H groups in total. The maximum atomic E-state index is 6.01. The van der Waals surface area contributed by atoms with Crippen molar-refractivity contribution in [3.05, 3.63) is 29.6 Å². The van der Waals surface area contributed by atoms with E-state index in [1.807, 2.05) is 0 Å². The van der Waals surface area contributed by atoms with E-state index in [1.165, 1.54) is 5.56 Å². The minimum Gasteiger partial charge on any atom is -0.382 e. The molecule has 0 radical (unpaired) electrons. The lowest BCUT2D eigenvalue weighted by Crippen LogP contribution is -2.08. The molecule has 2 rings (SSSR count). The summed E-state index contributed by atoms with van der Waals surface area (Å²) in [6.07, 6.45) is 0.938. The van der Waals surface area contributed by atoms with Crippen molar-refractivity contribution in [3.8, 4) is 0 Å². The van der Waals surface area contributed by atoms with Gasteiger partial charge in [-0.3, -0.25) is 0 Å². The SMILES string of the molecule is COCCOCCCn1c(CCl)nc2c(C)cccc21. The second-order valence-electron chi connectivity index (χ2n) is 4.71. The average molecular weight is 297 g/mol. The maximum Gasteiger partial charge on any atom is 0.124 e. The third-order valence-corrected chi connectivity index (χ3v) is 3.52. The Kier molecular flexibility index (Phi) is 5.83. The average Bonchev–Trinajstić information content (AvgIpc) is 2.82. The molecular formula is C15H21ClN2O2. The van der Waals surface area contributed by atoms with Gasteiger partial charge in [0.2, 0.25) is 0 Å². The van der Waals surface area contributed by atoms with Gasteiger partial charge in [0, 0.05) is 20.3 Å². The molecule has 0 aliphatic heterocycles. The Labute approximate surface area is 124 Å². The van der Waals surface area contributed by atoms with Gasteiger partial charge < -0.3 is 14.0 Å². The summed E-state index contributed by atoms with van der Waals surface area (Å²) in [5, 5.41) is 0. The Balaban J connectivity index is 2.03. The summed E-state index contributed by atoms with van der Waals surface area (Å²) >= 11 is 6.01. The molecule has 2 aromatic rings. The molecule has 0 atom stereocenters. The maximum absolute atomic E-state index is 6.01. The lowest BCUT2D eigenvalue weighted by Gasteiger charge is -2.08. The van der Waals surface area contributed by atoms with E-state index in [-0.39, 0.29) is 0 Å².